The van der Waals surface area contributed by atoms with Gasteiger partial charge in [0.15, 0.2) is 0 Å². The van der Waals surface area contributed by atoms with Crippen LogP contribution in [0.5, 0.6) is 0 Å². The third kappa shape index (κ3) is 3.21. The van der Waals surface area contributed by atoms with E-state index in [0.29, 0.717) is 24.6 Å². The van der Waals surface area contributed by atoms with Crippen LogP contribution < -0.4 is 5.73 Å². The molecule has 1 aliphatic heterocycles. The van der Waals surface area contributed by atoms with Gasteiger partial charge in [0.25, 0.3) is 0 Å². The molecule has 3 nitrogen and oxygen atoms in total. The number of hydrogen-bond donors (Lipinski definition) is 2. The van der Waals surface area contributed by atoms with Gasteiger partial charge in [-0.25, -0.2) is 0 Å². The number of nitrogens with zero attached hydrogens (tertiary/aromatic N) is 1. The van der Waals surface area contributed by atoms with Gasteiger partial charge in [-0.05, 0) is 51.1 Å². The molecule has 1 saturated heterocycles. The summed E-state index contributed by atoms with van der Waals surface area (Å²) in [5.41, 5.74) is 5.97. The lowest BCUT2D eigenvalue weighted by Gasteiger charge is -2.37. The summed E-state index contributed by atoms with van der Waals surface area (Å²) in [7, 11) is 0. The van der Waals surface area contributed by atoms with Gasteiger partial charge >= 0.3 is 0 Å². The quantitative estimate of drug-likeness (QED) is 0.736. The Balaban J connectivity index is 2.01. The lowest BCUT2D eigenvalue weighted by Crippen LogP contribution is -2.45. The normalized spacial score (nSPS) is 36.0. The first-order valence-electron chi connectivity index (χ1n) is 7.43. The van der Waals surface area contributed by atoms with Crippen LogP contribution in [-0.2, 0) is 0 Å². The van der Waals surface area contributed by atoms with Crippen LogP contribution in [0.1, 0.15) is 51.4 Å². The second-order valence-corrected chi connectivity index (χ2v) is 5.75. The molecule has 0 amide bonds. The van der Waals surface area contributed by atoms with Crippen molar-refractivity contribution in [3.8, 4) is 0 Å². The topological polar surface area (TPSA) is 49.5 Å². The summed E-state index contributed by atoms with van der Waals surface area (Å²) in [6.07, 6.45) is 10.3. The molecular weight excluding hydrogens is 212 g/mol. The van der Waals surface area contributed by atoms with Crippen molar-refractivity contribution >= 4 is 0 Å². The molecule has 1 saturated carbocycles. The van der Waals surface area contributed by atoms with E-state index >= 15 is 0 Å². The molecule has 1 aliphatic carbocycles. The maximum absolute atomic E-state index is 9.17. The van der Waals surface area contributed by atoms with Crippen LogP contribution >= 0.6 is 0 Å². The first-order valence-corrected chi connectivity index (χ1v) is 7.43. The zero-order valence-electron chi connectivity index (χ0n) is 11.0. The Labute approximate surface area is 105 Å². The maximum Gasteiger partial charge on any atom is 0.0445 e. The predicted octanol–water partition coefficient (Wildman–Crippen LogP) is 1.74. The summed E-state index contributed by atoms with van der Waals surface area (Å²) in [4.78, 5) is 2.68. The van der Waals surface area contributed by atoms with Crippen LogP contribution in [0.25, 0.3) is 0 Å². The van der Waals surface area contributed by atoms with Crippen LogP contribution in [0, 0.1) is 5.92 Å². The summed E-state index contributed by atoms with van der Waals surface area (Å²) >= 11 is 0. The second-order valence-electron chi connectivity index (χ2n) is 5.75. The standard InChI is InChI=1S/C14H28N2O/c15-11-12-5-2-1-3-7-14(12)16-9-4-6-13(16)8-10-17/h12-14,17H,1-11,15H2. The molecular formula is C14H28N2O. The molecule has 0 bridgehead atoms. The Morgan fingerprint density at radius 1 is 1.06 bits per heavy atom. The van der Waals surface area contributed by atoms with E-state index in [9.17, 15) is 5.11 Å². The van der Waals surface area contributed by atoms with Crippen molar-refractivity contribution in [2.24, 2.45) is 11.7 Å². The van der Waals surface area contributed by atoms with Gasteiger partial charge in [-0.15, -0.1) is 0 Å². The van der Waals surface area contributed by atoms with Crippen LogP contribution in [0.2, 0.25) is 0 Å². The molecule has 0 aromatic carbocycles. The molecule has 3 N–H and O–H groups in total. The van der Waals surface area contributed by atoms with E-state index in [0.717, 1.165) is 13.0 Å². The lowest BCUT2D eigenvalue weighted by atomic mass is 9.92. The molecule has 2 rings (SSSR count). The molecule has 0 spiro atoms. The van der Waals surface area contributed by atoms with Crippen molar-refractivity contribution < 1.29 is 5.11 Å². The SMILES string of the molecule is NCC1CCCCCC1N1CCCC1CCO. The monoisotopic (exact) mass is 240 g/mol. The Morgan fingerprint density at radius 3 is 2.65 bits per heavy atom. The van der Waals surface area contributed by atoms with Gasteiger partial charge in [-0.3, -0.25) is 4.90 Å². The Hall–Kier alpha value is -0.120. The van der Waals surface area contributed by atoms with Crippen molar-refractivity contribution in [3.63, 3.8) is 0 Å². The zero-order chi connectivity index (χ0) is 12.1. The number of hydrogen-bond acceptors (Lipinski definition) is 3. The molecule has 3 atom stereocenters. The van der Waals surface area contributed by atoms with Gasteiger partial charge in [0.1, 0.15) is 0 Å². The Morgan fingerprint density at radius 2 is 1.88 bits per heavy atom. The minimum atomic E-state index is 0.335. The third-order valence-electron chi connectivity index (χ3n) is 4.73. The van der Waals surface area contributed by atoms with Crippen molar-refractivity contribution in [2.75, 3.05) is 19.7 Å². The molecule has 2 aliphatic rings. The van der Waals surface area contributed by atoms with Crippen LogP contribution in [-0.4, -0.2) is 41.8 Å². The highest BCUT2D eigenvalue weighted by atomic mass is 16.3. The number of aliphatic hydroxyl groups excluding tert-OH is 1. The van der Waals surface area contributed by atoms with E-state index in [2.05, 4.69) is 4.90 Å². The summed E-state index contributed by atoms with van der Waals surface area (Å²) in [5.74, 6) is 0.691. The number of nitrogens with two attached hydrogens (primary N) is 1. The fourth-order valence-corrected chi connectivity index (χ4v) is 3.83. The first kappa shape index (κ1) is 13.3. The first-order chi connectivity index (χ1) is 8.36. The largest absolute Gasteiger partial charge is 0.396 e. The van der Waals surface area contributed by atoms with Crippen molar-refractivity contribution in [1.82, 2.24) is 4.90 Å². The summed E-state index contributed by atoms with van der Waals surface area (Å²) in [6.45, 7) is 2.40. The van der Waals surface area contributed by atoms with Crippen molar-refractivity contribution in [1.29, 1.82) is 0 Å². The van der Waals surface area contributed by atoms with Crippen molar-refractivity contribution in [3.05, 3.63) is 0 Å². The molecule has 17 heavy (non-hydrogen) atoms. The van der Waals surface area contributed by atoms with E-state index in [4.69, 9.17) is 5.73 Å². The number of rotatable bonds is 4. The summed E-state index contributed by atoms with van der Waals surface area (Å²) < 4.78 is 0. The van der Waals surface area contributed by atoms with E-state index < -0.39 is 0 Å². The Kier molecular flexibility index (Phi) is 5.26. The number of likely N-dealkylation sites (tertiary alicyclic amines) is 1. The molecule has 3 unspecified atom stereocenters. The van der Waals surface area contributed by atoms with Crippen LogP contribution in [0.3, 0.4) is 0 Å². The summed E-state index contributed by atoms with van der Waals surface area (Å²) in [5, 5.41) is 9.17. The molecule has 3 heteroatoms. The van der Waals surface area contributed by atoms with E-state index in [1.165, 1.54) is 51.5 Å². The highest BCUT2D eigenvalue weighted by Crippen LogP contribution is 2.32. The third-order valence-corrected chi connectivity index (χ3v) is 4.73. The lowest BCUT2D eigenvalue weighted by molar-refractivity contribution is 0.105. The van der Waals surface area contributed by atoms with Crippen LogP contribution in [0.4, 0.5) is 0 Å². The van der Waals surface area contributed by atoms with Gasteiger partial charge < -0.3 is 10.8 Å². The molecule has 100 valence electrons. The van der Waals surface area contributed by atoms with E-state index in [-0.39, 0.29) is 0 Å². The highest BCUT2D eigenvalue weighted by molar-refractivity contribution is 4.89. The molecule has 2 fully saturated rings. The Bertz CT molecular complexity index is 222. The van der Waals surface area contributed by atoms with Gasteiger partial charge in [0, 0.05) is 18.7 Å². The highest BCUT2D eigenvalue weighted by Gasteiger charge is 2.34. The van der Waals surface area contributed by atoms with Gasteiger partial charge in [-0.2, -0.15) is 0 Å². The fourth-order valence-electron chi connectivity index (χ4n) is 3.83. The fraction of sp³-hybridized carbons (Fsp3) is 1.00. The van der Waals surface area contributed by atoms with E-state index in [1.54, 1.807) is 0 Å². The molecule has 0 aromatic heterocycles. The molecule has 1 heterocycles. The average Bonchev–Trinajstić information content (AvgIpc) is 2.66. The van der Waals surface area contributed by atoms with Crippen molar-refractivity contribution in [2.45, 2.75) is 63.5 Å². The second kappa shape index (κ2) is 6.72. The number of aliphatic hydroxyl groups is 1. The molecule has 0 aromatic rings. The van der Waals surface area contributed by atoms with Gasteiger partial charge in [0.2, 0.25) is 0 Å². The zero-order valence-corrected chi connectivity index (χ0v) is 11.0. The predicted molar refractivity (Wildman–Crippen MR) is 70.8 cm³/mol. The van der Waals surface area contributed by atoms with Crippen LogP contribution in [0.15, 0.2) is 0 Å². The van der Waals surface area contributed by atoms with Gasteiger partial charge in [-0.1, -0.05) is 19.3 Å². The minimum absolute atomic E-state index is 0.335. The maximum atomic E-state index is 9.17. The minimum Gasteiger partial charge on any atom is -0.396 e. The van der Waals surface area contributed by atoms with E-state index in [1.807, 2.05) is 0 Å². The molecule has 0 radical (unpaired) electrons. The van der Waals surface area contributed by atoms with Gasteiger partial charge in [0.05, 0.1) is 0 Å². The summed E-state index contributed by atoms with van der Waals surface area (Å²) in [6, 6.07) is 1.32. The smallest absolute Gasteiger partial charge is 0.0445 e. The average molecular weight is 240 g/mol.